The van der Waals surface area contributed by atoms with Crippen LogP contribution in [0.15, 0.2) is 17.2 Å². The van der Waals surface area contributed by atoms with Crippen LogP contribution in [0, 0.1) is 0 Å². The monoisotopic (exact) mass is 307 g/mol. The minimum absolute atomic E-state index is 0.187. The Morgan fingerprint density at radius 3 is 2.39 bits per heavy atom. The Kier molecular flexibility index (Phi) is 4.95. The highest BCUT2D eigenvalue weighted by atomic mass is 35.5. The van der Waals surface area contributed by atoms with E-state index >= 15 is 0 Å². The molecule has 5 nitrogen and oxygen atoms in total. The molecule has 1 rings (SSSR count). The molecule has 0 aliphatic rings. The van der Waals surface area contributed by atoms with E-state index in [1.54, 1.807) is 19.1 Å². The zero-order chi connectivity index (χ0) is 13.9. The second-order valence-corrected chi connectivity index (χ2v) is 4.39. The lowest BCUT2D eigenvalue weighted by molar-refractivity contribution is -0.137. The average Bonchev–Trinajstić information content (AvgIpc) is 2.32. The van der Waals surface area contributed by atoms with Crippen molar-refractivity contribution in [3.8, 4) is 0 Å². The van der Waals surface area contributed by atoms with Crippen molar-refractivity contribution in [2.45, 2.75) is 6.92 Å². The molecule has 2 amide bonds. The second kappa shape index (κ2) is 6.04. The summed E-state index contributed by atoms with van der Waals surface area (Å²) >= 11 is 17.6. The van der Waals surface area contributed by atoms with Crippen LogP contribution < -0.4 is 11.2 Å². The summed E-state index contributed by atoms with van der Waals surface area (Å²) in [5.41, 5.74) is 7.57. The maximum absolute atomic E-state index is 10.9. The molecule has 0 aliphatic carbocycles. The van der Waals surface area contributed by atoms with Gasteiger partial charge in [0.05, 0.1) is 20.8 Å². The number of amides is 2. The smallest absolute Gasteiger partial charge is 0.329 e. The fourth-order valence-electron chi connectivity index (χ4n) is 1.06. The van der Waals surface area contributed by atoms with E-state index in [1.165, 1.54) is 0 Å². The van der Waals surface area contributed by atoms with Crippen molar-refractivity contribution in [2.24, 2.45) is 10.8 Å². The topological polar surface area (TPSA) is 84.6 Å². The Balaban J connectivity index is 3.01. The van der Waals surface area contributed by atoms with Gasteiger partial charge in [0, 0.05) is 5.56 Å². The van der Waals surface area contributed by atoms with Crippen LogP contribution in [-0.2, 0) is 9.59 Å². The fourth-order valence-corrected chi connectivity index (χ4v) is 1.73. The van der Waals surface area contributed by atoms with Gasteiger partial charge in [0.2, 0.25) is 0 Å². The molecule has 0 heterocycles. The Bertz CT molecular complexity index is 543. The Morgan fingerprint density at radius 1 is 1.22 bits per heavy atom. The van der Waals surface area contributed by atoms with Gasteiger partial charge in [0.1, 0.15) is 0 Å². The van der Waals surface area contributed by atoms with Crippen molar-refractivity contribution in [3.63, 3.8) is 0 Å². The van der Waals surface area contributed by atoms with Gasteiger partial charge in [0.15, 0.2) is 0 Å². The minimum Gasteiger partial charge on any atom is -0.361 e. The van der Waals surface area contributed by atoms with Crippen LogP contribution in [0.4, 0.5) is 0 Å². The molecule has 0 fully saturated rings. The molecule has 1 aromatic carbocycles. The van der Waals surface area contributed by atoms with Gasteiger partial charge in [-0.15, -0.1) is 0 Å². The summed E-state index contributed by atoms with van der Waals surface area (Å²) < 4.78 is 0. The molecule has 0 unspecified atom stereocenters. The fraction of sp³-hybridized carbons (Fsp3) is 0.100. The van der Waals surface area contributed by atoms with Crippen LogP contribution >= 0.6 is 34.8 Å². The number of rotatable bonds is 2. The lowest BCUT2D eigenvalue weighted by atomic mass is 10.1. The number of hydrogen-bond acceptors (Lipinski definition) is 3. The molecule has 18 heavy (non-hydrogen) atoms. The summed E-state index contributed by atoms with van der Waals surface area (Å²) in [5.74, 6) is -2.16. The van der Waals surface area contributed by atoms with Gasteiger partial charge in [-0.1, -0.05) is 40.9 Å². The maximum Gasteiger partial charge on any atom is 0.329 e. The summed E-state index contributed by atoms with van der Waals surface area (Å²) in [6.07, 6.45) is 0. The summed E-state index contributed by atoms with van der Waals surface area (Å²) in [5, 5.41) is 4.38. The van der Waals surface area contributed by atoms with E-state index in [1.807, 2.05) is 5.43 Å². The predicted molar refractivity (Wildman–Crippen MR) is 71.0 cm³/mol. The van der Waals surface area contributed by atoms with E-state index < -0.39 is 11.8 Å². The van der Waals surface area contributed by atoms with Crippen molar-refractivity contribution in [3.05, 3.63) is 32.8 Å². The van der Waals surface area contributed by atoms with Gasteiger partial charge >= 0.3 is 11.8 Å². The Hall–Kier alpha value is -1.30. The number of nitrogens with one attached hydrogen (secondary N) is 1. The third-order valence-electron chi connectivity index (χ3n) is 1.97. The molecule has 0 saturated heterocycles. The Labute approximate surface area is 118 Å². The van der Waals surface area contributed by atoms with E-state index in [4.69, 9.17) is 40.5 Å². The van der Waals surface area contributed by atoms with Crippen molar-refractivity contribution in [1.82, 2.24) is 5.43 Å². The highest BCUT2D eigenvalue weighted by Crippen LogP contribution is 2.32. The number of hydrogen-bond donors (Lipinski definition) is 2. The van der Waals surface area contributed by atoms with Crippen LogP contribution in [0.25, 0.3) is 0 Å². The summed E-state index contributed by atoms with van der Waals surface area (Å²) in [7, 11) is 0. The molecule has 0 saturated carbocycles. The average molecular weight is 309 g/mol. The van der Waals surface area contributed by atoms with Crippen molar-refractivity contribution < 1.29 is 9.59 Å². The van der Waals surface area contributed by atoms with E-state index in [9.17, 15) is 9.59 Å². The maximum atomic E-state index is 10.9. The van der Waals surface area contributed by atoms with Crippen molar-refractivity contribution in [2.75, 3.05) is 0 Å². The Morgan fingerprint density at radius 2 is 1.83 bits per heavy atom. The van der Waals surface area contributed by atoms with E-state index in [0.29, 0.717) is 16.3 Å². The molecule has 0 aliphatic heterocycles. The number of halogens is 3. The van der Waals surface area contributed by atoms with Gasteiger partial charge in [-0.05, 0) is 13.0 Å². The van der Waals surface area contributed by atoms with Crippen molar-refractivity contribution in [1.29, 1.82) is 0 Å². The predicted octanol–water partition coefficient (Wildman–Crippen LogP) is 1.97. The van der Waals surface area contributed by atoms with Gasteiger partial charge in [-0.3, -0.25) is 9.59 Å². The van der Waals surface area contributed by atoms with Crippen LogP contribution in [0.2, 0.25) is 15.1 Å². The van der Waals surface area contributed by atoms with Crippen LogP contribution in [0.1, 0.15) is 12.5 Å². The zero-order valence-corrected chi connectivity index (χ0v) is 11.4. The molecule has 1 aromatic rings. The lowest BCUT2D eigenvalue weighted by Crippen LogP contribution is -2.33. The SMILES string of the molecule is C/C(=N\NC(=O)C(N)=O)c1ccc(Cl)c(Cl)c1Cl. The third-order valence-corrected chi connectivity index (χ3v) is 3.27. The first kappa shape index (κ1) is 14.8. The highest BCUT2D eigenvalue weighted by Gasteiger charge is 2.12. The largest absolute Gasteiger partial charge is 0.361 e. The normalized spacial score (nSPS) is 11.2. The summed E-state index contributed by atoms with van der Waals surface area (Å²) in [4.78, 5) is 21.4. The van der Waals surface area contributed by atoms with E-state index in [-0.39, 0.29) is 10.0 Å². The molecule has 8 heteroatoms. The molecule has 0 atom stereocenters. The third kappa shape index (κ3) is 3.35. The number of nitrogens with two attached hydrogens (primary N) is 1. The highest BCUT2D eigenvalue weighted by molar-refractivity contribution is 6.49. The number of hydrazone groups is 1. The first-order valence-corrected chi connectivity index (χ1v) is 5.76. The first-order valence-electron chi connectivity index (χ1n) is 4.62. The van der Waals surface area contributed by atoms with Crippen molar-refractivity contribution >= 4 is 52.3 Å². The zero-order valence-electron chi connectivity index (χ0n) is 9.13. The molecule has 96 valence electrons. The molecule has 3 N–H and O–H groups in total. The van der Waals surface area contributed by atoms with Gasteiger partial charge in [-0.25, -0.2) is 5.43 Å². The number of carbonyl (C=O) groups excluding carboxylic acids is 2. The lowest BCUT2D eigenvalue weighted by Gasteiger charge is -2.06. The van der Waals surface area contributed by atoms with E-state index in [2.05, 4.69) is 5.10 Å². The molecular formula is C10H8Cl3N3O2. The van der Waals surface area contributed by atoms with Gasteiger partial charge in [-0.2, -0.15) is 5.10 Å². The number of nitrogens with zero attached hydrogens (tertiary/aromatic N) is 1. The molecule has 0 spiro atoms. The summed E-state index contributed by atoms with van der Waals surface area (Å²) in [6, 6.07) is 3.13. The van der Waals surface area contributed by atoms with E-state index in [0.717, 1.165) is 0 Å². The second-order valence-electron chi connectivity index (χ2n) is 3.23. The van der Waals surface area contributed by atoms with Gasteiger partial charge in [0.25, 0.3) is 0 Å². The standard InChI is InChI=1S/C10H8Cl3N3O2/c1-4(15-16-10(18)9(14)17)5-2-3-6(11)8(13)7(5)12/h2-3H,1H3,(H2,14,17)(H,16,18)/b15-4+. The quantitative estimate of drug-likeness (QED) is 0.379. The first-order chi connectivity index (χ1) is 8.34. The number of carbonyl (C=O) groups is 2. The van der Waals surface area contributed by atoms with Crippen LogP contribution in [0.3, 0.4) is 0 Å². The molecule has 0 bridgehead atoms. The number of primary amides is 1. The molecular weight excluding hydrogens is 300 g/mol. The van der Waals surface area contributed by atoms with Crippen LogP contribution in [-0.4, -0.2) is 17.5 Å². The molecule has 0 aromatic heterocycles. The van der Waals surface area contributed by atoms with Crippen LogP contribution in [0.5, 0.6) is 0 Å². The summed E-state index contributed by atoms with van der Waals surface area (Å²) in [6.45, 7) is 1.58. The van der Waals surface area contributed by atoms with Gasteiger partial charge < -0.3 is 5.73 Å². The number of benzene rings is 1. The minimum atomic E-state index is -1.13. The molecule has 0 radical (unpaired) electrons.